The van der Waals surface area contributed by atoms with Crippen molar-refractivity contribution in [3.63, 3.8) is 0 Å². The zero-order chi connectivity index (χ0) is 36.2. The first-order valence-corrected chi connectivity index (χ1v) is 18.5. The van der Waals surface area contributed by atoms with Crippen LogP contribution in [0, 0.1) is 0 Å². The van der Waals surface area contributed by atoms with Gasteiger partial charge in [-0.3, -0.25) is 0 Å². The maximum absolute atomic E-state index is 7.58. The molecule has 1 saturated heterocycles. The summed E-state index contributed by atoms with van der Waals surface area (Å²) in [6, 6.07) is 41.1. The summed E-state index contributed by atoms with van der Waals surface area (Å²) in [4.78, 5) is 2.38. The van der Waals surface area contributed by atoms with Gasteiger partial charge in [0.15, 0.2) is 5.60 Å². The van der Waals surface area contributed by atoms with Crippen LogP contribution in [0.15, 0.2) is 134 Å². The van der Waals surface area contributed by atoms with Crippen molar-refractivity contribution >= 4 is 22.5 Å². The molecule has 9 rings (SSSR count). The van der Waals surface area contributed by atoms with E-state index < -0.39 is 5.60 Å². The van der Waals surface area contributed by atoms with E-state index in [4.69, 9.17) is 18.9 Å². The third-order valence-corrected chi connectivity index (χ3v) is 11.3. The van der Waals surface area contributed by atoms with Crippen molar-refractivity contribution in [3.05, 3.63) is 162 Å². The van der Waals surface area contributed by atoms with Gasteiger partial charge >= 0.3 is 0 Å². The topological polar surface area (TPSA) is 40.2 Å². The number of methoxy groups -OCH3 is 1. The molecule has 5 heteroatoms. The predicted molar refractivity (Wildman–Crippen MR) is 216 cm³/mol. The highest BCUT2D eigenvalue weighted by Gasteiger charge is 2.44. The number of ether oxygens (including phenoxy) is 4. The van der Waals surface area contributed by atoms with E-state index in [9.17, 15) is 0 Å². The summed E-state index contributed by atoms with van der Waals surface area (Å²) < 4.78 is 24.9. The molecule has 5 nitrogen and oxygen atoms in total. The Labute approximate surface area is 311 Å². The number of rotatable bonds is 8. The lowest BCUT2D eigenvalue weighted by Gasteiger charge is -2.39. The van der Waals surface area contributed by atoms with E-state index in [1.807, 2.05) is 18.2 Å². The monoisotopic (exact) mass is 697 g/mol. The lowest BCUT2D eigenvalue weighted by molar-refractivity contribution is 0.122. The minimum absolute atomic E-state index is 0.297. The molecule has 1 atom stereocenters. The fourth-order valence-corrected chi connectivity index (χ4v) is 8.57. The van der Waals surface area contributed by atoms with E-state index in [0.717, 1.165) is 71.0 Å². The van der Waals surface area contributed by atoms with Gasteiger partial charge in [0.05, 0.1) is 20.3 Å². The van der Waals surface area contributed by atoms with Crippen LogP contribution in [0.5, 0.6) is 17.2 Å². The highest BCUT2D eigenvalue weighted by molar-refractivity contribution is 6.09. The molecule has 2 aliphatic heterocycles. The number of anilines is 1. The van der Waals surface area contributed by atoms with Gasteiger partial charge in [-0.2, -0.15) is 0 Å². The van der Waals surface area contributed by atoms with Crippen LogP contribution in [0.1, 0.15) is 41.7 Å². The number of hydrogen-bond acceptors (Lipinski definition) is 5. The number of fused-ring (bicyclic) bond motifs is 8. The molecule has 2 heterocycles. The van der Waals surface area contributed by atoms with E-state index in [-0.39, 0.29) is 5.41 Å². The first-order chi connectivity index (χ1) is 25.9. The molecular weight excluding hydrogens is 655 g/mol. The van der Waals surface area contributed by atoms with Crippen LogP contribution in [0.4, 0.5) is 5.69 Å². The van der Waals surface area contributed by atoms with Crippen LogP contribution < -0.4 is 19.1 Å². The average Bonchev–Trinajstić information content (AvgIpc) is 3.46. The highest BCUT2D eigenvalue weighted by Crippen LogP contribution is 2.59. The van der Waals surface area contributed by atoms with Crippen molar-refractivity contribution in [3.8, 4) is 39.5 Å². The van der Waals surface area contributed by atoms with Crippen LogP contribution in [-0.4, -0.2) is 40.0 Å². The van der Waals surface area contributed by atoms with Crippen molar-refractivity contribution < 1.29 is 18.9 Å². The lowest BCUT2D eigenvalue weighted by Crippen LogP contribution is -2.37. The first-order valence-electron chi connectivity index (χ1n) is 18.5. The second kappa shape index (κ2) is 13.0. The van der Waals surface area contributed by atoms with E-state index in [1.165, 1.54) is 39.1 Å². The van der Waals surface area contributed by atoms with Gasteiger partial charge < -0.3 is 23.8 Å². The summed E-state index contributed by atoms with van der Waals surface area (Å²) in [5, 5.41) is 2.18. The van der Waals surface area contributed by atoms with Gasteiger partial charge in [-0.25, -0.2) is 0 Å². The number of morpholine rings is 1. The van der Waals surface area contributed by atoms with Crippen LogP contribution in [-0.2, 0) is 15.8 Å². The van der Waals surface area contributed by atoms with Gasteiger partial charge in [0.2, 0.25) is 0 Å². The van der Waals surface area contributed by atoms with Crippen molar-refractivity contribution in [1.82, 2.24) is 0 Å². The largest absolute Gasteiger partial charge is 0.497 e. The predicted octanol–water partition coefficient (Wildman–Crippen LogP) is 10.6. The van der Waals surface area contributed by atoms with Gasteiger partial charge in [0, 0.05) is 46.3 Å². The fraction of sp³-hybridized carbons (Fsp3) is 0.208. The molecule has 0 radical (unpaired) electrons. The van der Waals surface area contributed by atoms with Gasteiger partial charge in [0.1, 0.15) is 23.9 Å². The summed E-state index contributed by atoms with van der Waals surface area (Å²) in [5.41, 5.74) is 10.7. The lowest BCUT2D eigenvalue weighted by atomic mass is 9.76. The zero-order valence-corrected chi connectivity index (χ0v) is 30.5. The molecule has 0 spiro atoms. The molecular formula is C48H43NO4. The van der Waals surface area contributed by atoms with Gasteiger partial charge in [-0.15, -0.1) is 0 Å². The molecule has 53 heavy (non-hydrogen) atoms. The van der Waals surface area contributed by atoms with Crippen LogP contribution in [0.2, 0.25) is 0 Å². The Morgan fingerprint density at radius 1 is 0.774 bits per heavy atom. The van der Waals surface area contributed by atoms with Crippen molar-refractivity contribution in [2.24, 2.45) is 0 Å². The Hall–Kier alpha value is -5.78. The highest BCUT2D eigenvalue weighted by atomic mass is 16.5. The summed E-state index contributed by atoms with van der Waals surface area (Å²) in [5.74, 6) is 2.48. The summed E-state index contributed by atoms with van der Waals surface area (Å²) in [7, 11) is 1.73. The molecule has 1 fully saturated rings. The molecule has 264 valence electrons. The Bertz CT molecular complexity index is 2370. The molecule has 6 aromatic carbocycles. The van der Waals surface area contributed by atoms with E-state index in [0.29, 0.717) is 6.61 Å². The van der Waals surface area contributed by atoms with Crippen molar-refractivity contribution in [2.75, 3.05) is 44.9 Å². The second-order valence-electron chi connectivity index (χ2n) is 14.6. The van der Waals surface area contributed by atoms with Crippen molar-refractivity contribution in [2.45, 2.75) is 24.9 Å². The molecule has 0 N–H and O–H groups in total. The summed E-state index contributed by atoms with van der Waals surface area (Å²) in [6.07, 6.45) is 6.32. The molecule has 0 amide bonds. The van der Waals surface area contributed by atoms with E-state index in [2.05, 4.69) is 135 Å². The molecule has 3 aliphatic rings. The second-order valence-corrected chi connectivity index (χ2v) is 14.6. The van der Waals surface area contributed by atoms with Gasteiger partial charge in [-0.1, -0.05) is 99.3 Å². The normalized spacial score (nSPS) is 18.1. The Morgan fingerprint density at radius 3 is 2.21 bits per heavy atom. The zero-order valence-electron chi connectivity index (χ0n) is 30.5. The number of hydrogen-bond donors (Lipinski definition) is 0. The van der Waals surface area contributed by atoms with Crippen LogP contribution in [0.25, 0.3) is 39.1 Å². The molecule has 0 bridgehead atoms. The molecule has 6 aromatic rings. The quantitative estimate of drug-likeness (QED) is 0.148. The number of benzene rings is 6. The van der Waals surface area contributed by atoms with E-state index in [1.54, 1.807) is 13.2 Å². The fourth-order valence-electron chi connectivity index (χ4n) is 8.57. The van der Waals surface area contributed by atoms with Gasteiger partial charge in [-0.05, 0) is 93.4 Å². The maximum Gasteiger partial charge on any atom is 0.178 e. The number of nitrogens with zero attached hydrogens (tertiary/aromatic N) is 1. The molecule has 1 unspecified atom stereocenters. The summed E-state index contributed by atoms with van der Waals surface area (Å²) >= 11 is 0. The third-order valence-electron chi connectivity index (χ3n) is 11.3. The SMILES string of the molecule is C=CCOc1ccc(C2(c3ccc(N4CCOCC4)cc3)C=Cc3c4c(c5cc(OC)ccc5c3O2)-c2ccc(-c3ccccc3)cc2C4(C)C)cc1. The molecule has 0 saturated carbocycles. The first kappa shape index (κ1) is 33.1. The maximum atomic E-state index is 7.58. The van der Waals surface area contributed by atoms with Gasteiger partial charge in [0.25, 0.3) is 0 Å². The van der Waals surface area contributed by atoms with Crippen molar-refractivity contribution in [1.29, 1.82) is 0 Å². The molecule has 0 aromatic heterocycles. The smallest absolute Gasteiger partial charge is 0.178 e. The standard InChI is InChI=1S/C48H43NO4/c1-5-27-52-37-18-14-35(15-19-37)48(34-12-16-36(17-13-34)49-25-28-51-29-26-49)24-23-41-45-44(42-31-38(50-4)20-22-39(42)46(41)53-48)40-21-11-33(30-43(40)47(45,2)3)32-9-7-6-8-10-32/h5-24,30-31H,1,25-29H2,2-4H3. The Morgan fingerprint density at radius 2 is 1.49 bits per heavy atom. The minimum atomic E-state index is -0.898. The third kappa shape index (κ3) is 5.41. The Kier molecular flexibility index (Phi) is 8.12. The minimum Gasteiger partial charge on any atom is -0.497 e. The average molecular weight is 698 g/mol. The van der Waals surface area contributed by atoms with Crippen LogP contribution >= 0.6 is 0 Å². The Balaban J connectivity index is 1.24. The summed E-state index contributed by atoms with van der Waals surface area (Å²) in [6.45, 7) is 12.2. The molecule has 1 aliphatic carbocycles. The van der Waals surface area contributed by atoms with Crippen LogP contribution in [0.3, 0.4) is 0 Å². The van der Waals surface area contributed by atoms with E-state index >= 15 is 0 Å².